The molecule has 2 saturated heterocycles. The fourth-order valence-corrected chi connectivity index (χ4v) is 9.97. The number of quaternary nitrogens is 1. The van der Waals surface area contributed by atoms with Crippen molar-refractivity contribution < 1.29 is 18.2 Å². The van der Waals surface area contributed by atoms with Gasteiger partial charge >= 0.3 is 5.92 Å². The standard InChI is InChI=1S/C33H37F2NO2/c1-30-13-12-26-19-25-8-9-27(36(37)17-16-32(34,35)21-36)20-31(25)14-15-33(26,38-31)29(30)11-10-28(30)24-7-6-22-4-2-3-5-23(22)18-24/h2-7,12,18-19,27-29H,8-11,13-17,20-21H2,1H3/t27-,28-,29-,30-,31-,33-,36?/m1/s1. The molecule has 0 radical (unpaired) electrons. The lowest BCUT2D eigenvalue weighted by molar-refractivity contribution is -0.899. The normalized spacial score (nSPS) is 44.8. The van der Waals surface area contributed by atoms with Crippen LogP contribution in [0.1, 0.15) is 76.2 Å². The number of likely N-dealkylation sites (tertiary alicyclic amines) is 1. The Balaban J connectivity index is 1.13. The summed E-state index contributed by atoms with van der Waals surface area (Å²) in [5, 5.41) is 16.2. The van der Waals surface area contributed by atoms with Crippen molar-refractivity contribution in [1.29, 1.82) is 0 Å². The van der Waals surface area contributed by atoms with Crippen molar-refractivity contribution >= 4 is 10.8 Å². The third-order valence-electron chi connectivity index (χ3n) is 11.9. The maximum Gasteiger partial charge on any atom is 0.301 e. The van der Waals surface area contributed by atoms with E-state index in [1.54, 1.807) is 0 Å². The van der Waals surface area contributed by atoms with Gasteiger partial charge in [-0.2, -0.15) is 0 Å². The maximum absolute atomic E-state index is 14.1. The molecule has 0 aromatic heterocycles. The molecule has 2 bridgehead atoms. The van der Waals surface area contributed by atoms with Crippen LogP contribution in [-0.2, 0) is 4.74 Å². The average molecular weight is 518 g/mol. The van der Waals surface area contributed by atoms with E-state index in [1.165, 1.54) is 27.5 Å². The molecule has 3 aliphatic heterocycles. The van der Waals surface area contributed by atoms with Gasteiger partial charge in [0, 0.05) is 12.8 Å². The summed E-state index contributed by atoms with van der Waals surface area (Å²) >= 11 is 0. The molecule has 2 aromatic carbocycles. The molecule has 200 valence electrons. The van der Waals surface area contributed by atoms with Crippen LogP contribution >= 0.6 is 0 Å². The van der Waals surface area contributed by atoms with Gasteiger partial charge in [-0.3, -0.25) is 0 Å². The Labute approximate surface area is 223 Å². The minimum atomic E-state index is -2.83. The third kappa shape index (κ3) is 3.10. The lowest BCUT2D eigenvalue weighted by atomic mass is 9.58. The Morgan fingerprint density at radius 1 is 1.00 bits per heavy atom. The maximum atomic E-state index is 14.1. The Morgan fingerprint density at radius 3 is 2.66 bits per heavy atom. The number of ether oxygens (including phenoxy) is 1. The molecule has 7 atom stereocenters. The van der Waals surface area contributed by atoms with Gasteiger partial charge in [0.25, 0.3) is 0 Å². The Morgan fingerprint density at radius 2 is 1.84 bits per heavy atom. The SMILES string of the molecule is C[C@]12CC=C3C=C4CC[C@@H]([N+]5([O-])CCC(F)(F)C5)C[C@]45CC[C@]3(O5)[C@@H]1CC[C@@H]2c1ccc2ccccc2c1. The quantitative estimate of drug-likeness (QED) is 0.301. The molecule has 8 rings (SSSR count). The molecule has 0 amide bonds. The van der Waals surface area contributed by atoms with Crippen molar-refractivity contribution in [3.05, 3.63) is 76.5 Å². The predicted octanol–water partition coefficient (Wildman–Crippen LogP) is 7.80. The van der Waals surface area contributed by atoms with E-state index in [2.05, 4.69) is 61.5 Å². The minimum Gasteiger partial charge on any atom is -0.632 e. The van der Waals surface area contributed by atoms with Gasteiger partial charge in [-0.25, -0.2) is 8.78 Å². The molecule has 0 N–H and O–H groups in total. The molecular weight excluding hydrogens is 480 g/mol. The summed E-state index contributed by atoms with van der Waals surface area (Å²) in [6.07, 6.45) is 12.0. The summed E-state index contributed by atoms with van der Waals surface area (Å²) in [5.74, 6) is -1.92. The first-order valence-electron chi connectivity index (χ1n) is 14.7. The van der Waals surface area contributed by atoms with E-state index in [9.17, 15) is 14.0 Å². The fraction of sp³-hybridized carbons (Fsp3) is 0.576. The second-order valence-electron chi connectivity index (χ2n) is 13.7. The van der Waals surface area contributed by atoms with Crippen molar-refractivity contribution in [2.75, 3.05) is 13.1 Å². The Bertz CT molecular complexity index is 1400. The van der Waals surface area contributed by atoms with Gasteiger partial charge < -0.3 is 14.6 Å². The van der Waals surface area contributed by atoms with Gasteiger partial charge in [-0.05, 0) is 83.3 Å². The first-order valence-corrected chi connectivity index (χ1v) is 14.7. The van der Waals surface area contributed by atoms with Crippen LogP contribution in [0.3, 0.4) is 0 Å². The molecule has 2 saturated carbocycles. The van der Waals surface area contributed by atoms with Gasteiger partial charge in [0.15, 0.2) is 0 Å². The Kier molecular flexibility index (Phi) is 4.73. The monoisotopic (exact) mass is 517 g/mol. The van der Waals surface area contributed by atoms with Crippen LogP contribution in [0.2, 0.25) is 0 Å². The van der Waals surface area contributed by atoms with Crippen molar-refractivity contribution in [2.45, 2.75) is 93.8 Å². The van der Waals surface area contributed by atoms with Gasteiger partial charge in [0.05, 0.1) is 30.2 Å². The number of hydroxylamine groups is 3. The zero-order valence-electron chi connectivity index (χ0n) is 22.2. The molecule has 3 heterocycles. The molecule has 3 aliphatic carbocycles. The molecule has 3 nitrogen and oxygen atoms in total. The fourth-order valence-electron chi connectivity index (χ4n) is 9.97. The highest BCUT2D eigenvalue weighted by molar-refractivity contribution is 5.83. The number of allylic oxidation sites excluding steroid dienone is 1. The summed E-state index contributed by atoms with van der Waals surface area (Å²) in [4.78, 5) is 0. The second-order valence-corrected chi connectivity index (χ2v) is 13.7. The van der Waals surface area contributed by atoms with Crippen LogP contribution in [0, 0.1) is 16.5 Å². The first-order chi connectivity index (χ1) is 18.1. The smallest absolute Gasteiger partial charge is 0.301 e. The summed E-state index contributed by atoms with van der Waals surface area (Å²) in [6.45, 7) is 1.96. The zero-order valence-corrected chi connectivity index (χ0v) is 22.2. The molecule has 2 spiro atoms. The van der Waals surface area contributed by atoms with Gasteiger partial charge in [-0.15, -0.1) is 0 Å². The predicted molar refractivity (Wildman–Crippen MR) is 145 cm³/mol. The van der Waals surface area contributed by atoms with Gasteiger partial charge in [-0.1, -0.05) is 61.5 Å². The highest BCUT2D eigenvalue weighted by atomic mass is 19.3. The first kappa shape index (κ1) is 23.8. The molecule has 6 aliphatic rings. The lowest BCUT2D eigenvalue weighted by Gasteiger charge is -2.56. The van der Waals surface area contributed by atoms with E-state index in [4.69, 9.17) is 4.74 Å². The molecule has 2 aromatic rings. The number of fused-ring (bicyclic) bond motifs is 2. The summed E-state index contributed by atoms with van der Waals surface area (Å²) in [5.41, 5.74) is 3.49. The minimum absolute atomic E-state index is 0.0389. The van der Waals surface area contributed by atoms with Crippen molar-refractivity contribution in [1.82, 2.24) is 0 Å². The average Bonchev–Trinajstić information content (AvgIpc) is 3.52. The van der Waals surface area contributed by atoms with Gasteiger partial charge in [0.1, 0.15) is 6.54 Å². The number of benzene rings is 2. The van der Waals surface area contributed by atoms with E-state index in [1.807, 2.05) is 0 Å². The molecular formula is C33H37F2NO2. The van der Waals surface area contributed by atoms with Crippen molar-refractivity contribution in [3.8, 4) is 0 Å². The Hall–Kier alpha value is -2.08. The molecule has 4 fully saturated rings. The van der Waals surface area contributed by atoms with Crippen LogP contribution < -0.4 is 0 Å². The van der Waals surface area contributed by atoms with E-state index in [-0.39, 0.29) is 30.0 Å². The second kappa shape index (κ2) is 7.56. The summed E-state index contributed by atoms with van der Waals surface area (Å²) in [6, 6.07) is 15.3. The topological polar surface area (TPSA) is 32.3 Å². The van der Waals surface area contributed by atoms with Crippen LogP contribution in [0.5, 0.6) is 0 Å². The largest absolute Gasteiger partial charge is 0.632 e. The highest BCUT2D eigenvalue weighted by Crippen LogP contribution is 2.69. The van der Waals surface area contributed by atoms with Crippen LogP contribution in [-0.4, -0.2) is 40.9 Å². The summed E-state index contributed by atoms with van der Waals surface area (Å²) in [7, 11) is 0. The van der Waals surface area contributed by atoms with E-state index in [0.29, 0.717) is 24.7 Å². The van der Waals surface area contributed by atoms with E-state index < -0.39 is 22.7 Å². The molecule has 38 heavy (non-hydrogen) atoms. The van der Waals surface area contributed by atoms with Gasteiger partial charge in [0.2, 0.25) is 0 Å². The molecule has 5 heteroatoms. The summed E-state index contributed by atoms with van der Waals surface area (Å²) < 4.78 is 34.8. The number of halogens is 2. The number of hydrogen-bond acceptors (Lipinski definition) is 2. The van der Waals surface area contributed by atoms with E-state index >= 15 is 0 Å². The number of nitrogens with zero attached hydrogens (tertiary/aromatic N) is 1. The van der Waals surface area contributed by atoms with Crippen LogP contribution in [0.4, 0.5) is 8.78 Å². The van der Waals surface area contributed by atoms with Crippen molar-refractivity contribution in [3.63, 3.8) is 0 Å². The number of hydrogen-bond donors (Lipinski definition) is 0. The highest BCUT2D eigenvalue weighted by Gasteiger charge is 2.67. The zero-order chi connectivity index (χ0) is 26.0. The number of rotatable bonds is 2. The molecule has 1 unspecified atom stereocenters. The van der Waals surface area contributed by atoms with Crippen molar-refractivity contribution in [2.24, 2.45) is 11.3 Å². The lowest BCUT2D eigenvalue weighted by Crippen LogP contribution is -2.58. The van der Waals surface area contributed by atoms with Crippen LogP contribution in [0.15, 0.2) is 65.8 Å². The van der Waals surface area contributed by atoms with Crippen LogP contribution in [0.25, 0.3) is 10.8 Å². The van der Waals surface area contributed by atoms with E-state index in [0.717, 1.165) is 38.5 Å². The number of alkyl halides is 2. The third-order valence-corrected chi connectivity index (χ3v) is 11.9.